The zero-order chi connectivity index (χ0) is 12.5. The first-order valence-electron chi connectivity index (χ1n) is 6.78. The Morgan fingerprint density at radius 1 is 1.56 bits per heavy atom. The Bertz CT molecular complexity index is 415. The minimum atomic E-state index is 0.272. The van der Waals surface area contributed by atoms with E-state index in [1.165, 1.54) is 0 Å². The fourth-order valence-electron chi connectivity index (χ4n) is 3.33. The van der Waals surface area contributed by atoms with Gasteiger partial charge in [0.05, 0.1) is 6.26 Å². The van der Waals surface area contributed by atoms with Crippen LogP contribution in [0.4, 0.5) is 0 Å². The number of aryl methyl sites for hydroxylation is 1. The number of fused-ring (bicyclic) bond motifs is 1. The Morgan fingerprint density at radius 3 is 3.17 bits per heavy atom. The van der Waals surface area contributed by atoms with Crippen LogP contribution in [0, 0.1) is 11.8 Å². The fraction of sp³-hybridized carbons (Fsp3) is 0.643. The molecule has 3 heterocycles. The van der Waals surface area contributed by atoms with Crippen LogP contribution in [0.1, 0.15) is 19.1 Å². The predicted octanol–water partition coefficient (Wildman–Crippen LogP) is 1.28. The molecular weight excluding hydrogens is 228 g/mol. The minimum Gasteiger partial charge on any atom is -0.469 e. The Kier molecular flexibility index (Phi) is 3.12. The number of carbonyl (C=O) groups is 1. The average Bonchev–Trinajstić information content (AvgIpc) is 3.05. The first-order valence-corrected chi connectivity index (χ1v) is 6.78. The highest BCUT2D eigenvalue weighted by atomic mass is 16.3. The average molecular weight is 248 g/mol. The van der Waals surface area contributed by atoms with Crippen molar-refractivity contribution in [2.24, 2.45) is 11.8 Å². The maximum absolute atomic E-state index is 12.2. The van der Waals surface area contributed by atoms with Gasteiger partial charge >= 0.3 is 0 Å². The van der Waals surface area contributed by atoms with Crippen molar-refractivity contribution < 1.29 is 9.21 Å². The monoisotopic (exact) mass is 248 g/mol. The van der Waals surface area contributed by atoms with E-state index in [9.17, 15) is 4.79 Å². The molecule has 0 bridgehead atoms. The van der Waals surface area contributed by atoms with Crippen molar-refractivity contribution in [3.8, 4) is 0 Å². The van der Waals surface area contributed by atoms with E-state index in [2.05, 4.69) is 17.1 Å². The number of rotatable bonds is 3. The van der Waals surface area contributed by atoms with Crippen LogP contribution in [0.3, 0.4) is 0 Å². The molecule has 1 N–H and O–H groups in total. The van der Waals surface area contributed by atoms with Crippen LogP contribution in [0.25, 0.3) is 0 Å². The molecule has 2 aliphatic rings. The van der Waals surface area contributed by atoms with Crippen molar-refractivity contribution in [1.29, 1.82) is 0 Å². The molecule has 3 rings (SSSR count). The van der Waals surface area contributed by atoms with Gasteiger partial charge in [0.1, 0.15) is 5.76 Å². The van der Waals surface area contributed by atoms with Crippen molar-refractivity contribution >= 4 is 5.91 Å². The minimum absolute atomic E-state index is 0.272. The van der Waals surface area contributed by atoms with Crippen molar-refractivity contribution in [3.05, 3.63) is 24.2 Å². The highest BCUT2D eigenvalue weighted by molar-refractivity contribution is 5.77. The first kappa shape index (κ1) is 11.8. The van der Waals surface area contributed by atoms with Gasteiger partial charge in [-0.2, -0.15) is 0 Å². The van der Waals surface area contributed by atoms with E-state index in [4.69, 9.17) is 4.42 Å². The van der Waals surface area contributed by atoms with Gasteiger partial charge in [-0.25, -0.2) is 0 Å². The summed E-state index contributed by atoms with van der Waals surface area (Å²) in [7, 11) is 0. The van der Waals surface area contributed by atoms with E-state index in [-0.39, 0.29) is 5.91 Å². The normalized spacial score (nSPS) is 30.7. The van der Waals surface area contributed by atoms with Crippen molar-refractivity contribution in [2.75, 3.05) is 19.6 Å². The second-order valence-electron chi connectivity index (χ2n) is 5.45. The van der Waals surface area contributed by atoms with Gasteiger partial charge in [-0.05, 0) is 30.9 Å². The second-order valence-corrected chi connectivity index (χ2v) is 5.45. The molecule has 0 spiro atoms. The van der Waals surface area contributed by atoms with Crippen LogP contribution in [0.15, 0.2) is 22.8 Å². The Hall–Kier alpha value is -1.29. The molecule has 4 heteroatoms. The van der Waals surface area contributed by atoms with Gasteiger partial charge in [0.25, 0.3) is 0 Å². The Labute approximate surface area is 107 Å². The fourth-order valence-corrected chi connectivity index (χ4v) is 3.33. The SMILES string of the molecule is CC1C2CNCC2CN1C(=O)CCc1ccco1. The molecule has 0 saturated carbocycles. The van der Waals surface area contributed by atoms with Crippen LogP contribution < -0.4 is 5.32 Å². The molecule has 0 aliphatic carbocycles. The maximum atomic E-state index is 12.2. The van der Waals surface area contributed by atoms with E-state index >= 15 is 0 Å². The zero-order valence-corrected chi connectivity index (χ0v) is 10.8. The van der Waals surface area contributed by atoms with Gasteiger partial charge in [0, 0.05) is 38.5 Å². The highest BCUT2D eigenvalue weighted by Crippen LogP contribution is 2.32. The Morgan fingerprint density at radius 2 is 2.44 bits per heavy atom. The summed E-state index contributed by atoms with van der Waals surface area (Å²) in [6, 6.07) is 4.18. The number of hydrogen-bond acceptors (Lipinski definition) is 3. The summed E-state index contributed by atoms with van der Waals surface area (Å²) in [5.74, 6) is 2.48. The highest BCUT2D eigenvalue weighted by Gasteiger charge is 2.43. The summed E-state index contributed by atoms with van der Waals surface area (Å²) in [6.45, 7) is 5.24. The summed E-state index contributed by atoms with van der Waals surface area (Å²) in [6.07, 6.45) is 2.93. The maximum Gasteiger partial charge on any atom is 0.223 e. The quantitative estimate of drug-likeness (QED) is 0.876. The largest absolute Gasteiger partial charge is 0.469 e. The van der Waals surface area contributed by atoms with Crippen molar-refractivity contribution in [1.82, 2.24) is 10.2 Å². The van der Waals surface area contributed by atoms with Gasteiger partial charge in [0.15, 0.2) is 0 Å². The Balaban J connectivity index is 1.56. The second kappa shape index (κ2) is 4.76. The molecule has 1 amide bonds. The lowest BCUT2D eigenvalue weighted by molar-refractivity contribution is -0.132. The smallest absolute Gasteiger partial charge is 0.223 e. The molecule has 0 radical (unpaired) electrons. The number of amides is 1. The lowest BCUT2D eigenvalue weighted by atomic mass is 9.95. The first-order chi connectivity index (χ1) is 8.75. The van der Waals surface area contributed by atoms with Gasteiger partial charge in [0.2, 0.25) is 5.91 Å². The standard InChI is InChI=1S/C14H20N2O2/c1-10-13-8-15-7-11(13)9-16(10)14(17)5-4-12-3-2-6-18-12/h2-3,6,10-11,13,15H,4-5,7-9H2,1H3. The van der Waals surface area contributed by atoms with Crippen LogP contribution in [0.2, 0.25) is 0 Å². The van der Waals surface area contributed by atoms with E-state index < -0.39 is 0 Å². The molecule has 2 saturated heterocycles. The van der Waals surface area contributed by atoms with Gasteiger partial charge in [-0.3, -0.25) is 4.79 Å². The lowest BCUT2D eigenvalue weighted by Crippen LogP contribution is -2.38. The van der Waals surface area contributed by atoms with Gasteiger partial charge in [-0.15, -0.1) is 0 Å². The molecular formula is C14H20N2O2. The molecule has 3 unspecified atom stereocenters. The topological polar surface area (TPSA) is 45.5 Å². The zero-order valence-electron chi connectivity index (χ0n) is 10.8. The number of nitrogens with one attached hydrogen (secondary N) is 1. The molecule has 1 aromatic rings. The number of likely N-dealkylation sites (tertiary alicyclic amines) is 1. The van der Waals surface area contributed by atoms with Gasteiger partial charge < -0.3 is 14.6 Å². The van der Waals surface area contributed by atoms with E-state index in [0.717, 1.165) is 25.4 Å². The number of nitrogens with zero attached hydrogens (tertiary/aromatic N) is 1. The number of furan rings is 1. The summed E-state index contributed by atoms with van der Waals surface area (Å²) >= 11 is 0. The molecule has 1 aromatic heterocycles. The van der Waals surface area contributed by atoms with Crippen molar-refractivity contribution in [3.63, 3.8) is 0 Å². The molecule has 4 nitrogen and oxygen atoms in total. The van der Waals surface area contributed by atoms with E-state index in [1.54, 1.807) is 6.26 Å². The molecule has 18 heavy (non-hydrogen) atoms. The van der Waals surface area contributed by atoms with E-state index in [0.29, 0.717) is 30.7 Å². The van der Waals surface area contributed by atoms with Crippen molar-refractivity contribution in [2.45, 2.75) is 25.8 Å². The third-order valence-electron chi connectivity index (χ3n) is 4.42. The van der Waals surface area contributed by atoms with Crippen LogP contribution in [0.5, 0.6) is 0 Å². The van der Waals surface area contributed by atoms with Crippen LogP contribution >= 0.6 is 0 Å². The molecule has 2 fully saturated rings. The summed E-state index contributed by atoms with van der Waals surface area (Å²) in [5, 5.41) is 3.42. The van der Waals surface area contributed by atoms with Crippen LogP contribution in [-0.2, 0) is 11.2 Å². The third-order valence-corrected chi connectivity index (χ3v) is 4.42. The lowest BCUT2D eigenvalue weighted by Gasteiger charge is -2.24. The third kappa shape index (κ3) is 2.05. The molecule has 98 valence electrons. The summed E-state index contributed by atoms with van der Waals surface area (Å²) < 4.78 is 5.27. The summed E-state index contributed by atoms with van der Waals surface area (Å²) in [4.78, 5) is 14.3. The molecule has 0 aromatic carbocycles. The van der Waals surface area contributed by atoms with Gasteiger partial charge in [-0.1, -0.05) is 0 Å². The summed E-state index contributed by atoms with van der Waals surface area (Å²) in [5.41, 5.74) is 0. The molecule has 3 atom stereocenters. The van der Waals surface area contributed by atoms with E-state index in [1.807, 2.05) is 12.1 Å². The molecule has 2 aliphatic heterocycles. The number of hydrogen-bond donors (Lipinski definition) is 1. The van der Waals surface area contributed by atoms with Crippen LogP contribution in [-0.4, -0.2) is 36.5 Å². The predicted molar refractivity (Wildman–Crippen MR) is 68.1 cm³/mol. The number of carbonyl (C=O) groups excluding carboxylic acids is 1.